The smallest absolute Gasteiger partial charge is 0.291 e. The van der Waals surface area contributed by atoms with Gasteiger partial charge >= 0.3 is 0 Å². The third kappa shape index (κ3) is 4.23. The summed E-state index contributed by atoms with van der Waals surface area (Å²) in [5, 5.41) is 15.1. The molecular formula is C23H16N4O5S. The van der Waals surface area contributed by atoms with Gasteiger partial charge in [-0.3, -0.25) is 14.9 Å². The predicted molar refractivity (Wildman–Crippen MR) is 122 cm³/mol. The van der Waals surface area contributed by atoms with Crippen molar-refractivity contribution in [2.24, 2.45) is 0 Å². The minimum absolute atomic E-state index is 0.00570. The molecule has 0 aliphatic rings. The van der Waals surface area contributed by atoms with E-state index in [9.17, 15) is 14.9 Å². The number of non-ortho nitro benzene ring substituents is 1. The van der Waals surface area contributed by atoms with Crippen molar-refractivity contribution in [3.8, 4) is 17.1 Å². The van der Waals surface area contributed by atoms with Gasteiger partial charge in [0.1, 0.15) is 28.4 Å². The fraction of sp³-hybridized carbons (Fsp3) is 0.0870. The van der Waals surface area contributed by atoms with Crippen molar-refractivity contribution in [2.45, 2.75) is 13.5 Å². The minimum atomic E-state index is -0.456. The Hall–Kier alpha value is -4.31. The van der Waals surface area contributed by atoms with E-state index >= 15 is 0 Å². The average molecular weight is 460 g/mol. The van der Waals surface area contributed by atoms with E-state index in [4.69, 9.17) is 9.15 Å². The number of furan rings is 1. The van der Waals surface area contributed by atoms with E-state index in [1.165, 1.54) is 28.0 Å². The molecule has 33 heavy (non-hydrogen) atoms. The highest BCUT2D eigenvalue weighted by Crippen LogP contribution is 2.24. The fourth-order valence-corrected chi connectivity index (χ4v) is 4.09. The van der Waals surface area contributed by atoms with Crippen LogP contribution in [0.1, 0.15) is 17.1 Å². The number of nitrogens with zero attached hydrogens (tertiary/aromatic N) is 4. The summed E-state index contributed by atoms with van der Waals surface area (Å²) in [5.41, 5.74) is 1.55. The molecule has 164 valence electrons. The van der Waals surface area contributed by atoms with Gasteiger partial charge in [-0.2, -0.15) is 9.50 Å². The molecule has 5 rings (SSSR count). The van der Waals surface area contributed by atoms with Crippen LogP contribution in [0, 0.1) is 17.0 Å². The van der Waals surface area contributed by atoms with Gasteiger partial charge in [0.25, 0.3) is 11.2 Å². The molecule has 9 nitrogen and oxygen atoms in total. The van der Waals surface area contributed by atoms with Gasteiger partial charge in [0.15, 0.2) is 5.82 Å². The van der Waals surface area contributed by atoms with Gasteiger partial charge in [0.2, 0.25) is 4.96 Å². The lowest BCUT2D eigenvalue weighted by Gasteiger charge is -2.03. The van der Waals surface area contributed by atoms with E-state index in [0.717, 1.165) is 5.56 Å². The number of ether oxygens (including phenoxy) is 1. The number of rotatable bonds is 6. The Kier molecular flexibility index (Phi) is 5.19. The lowest BCUT2D eigenvalue weighted by atomic mass is 10.1. The number of fused-ring (bicyclic) bond motifs is 1. The zero-order chi connectivity index (χ0) is 22.9. The maximum absolute atomic E-state index is 12.7. The number of nitro groups is 1. The molecule has 0 unspecified atom stereocenters. The second kappa shape index (κ2) is 8.32. The summed E-state index contributed by atoms with van der Waals surface area (Å²) < 4.78 is 13.2. The lowest BCUT2D eigenvalue weighted by Crippen LogP contribution is -2.23. The van der Waals surface area contributed by atoms with Gasteiger partial charge in [0.05, 0.1) is 4.92 Å². The number of aromatic nitrogens is 3. The van der Waals surface area contributed by atoms with Gasteiger partial charge < -0.3 is 9.15 Å². The summed E-state index contributed by atoms with van der Waals surface area (Å²) >= 11 is 1.20. The second-order valence-electron chi connectivity index (χ2n) is 7.25. The van der Waals surface area contributed by atoms with Crippen molar-refractivity contribution in [1.29, 1.82) is 0 Å². The molecule has 0 fully saturated rings. The highest BCUT2D eigenvalue weighted by molar-refractivity contribution is 7.15. The van der Waals surface area contributed by atoms with Crippen molar-refractivity contribution in [2.75, 3.05) is 0 Å². The number of aryl methyl sites for hydroxylation is 1. The quantitative estimate of drug-likeness (QED) is 0.280. The Morgan fingerprint density at radius 3 is 2.58 bits per heavy atom. The summed E-state index contributed by atoms with van der Waals surface area (Å²) in [7, 11) is 0. The molecule has 0 N–H and O–H groups in total. The molecule has 5 aromatic rings. The molecule has 0 saturated heterocycles. The summed E-state index contributed by atoms with van der Waals surface area (Å²) in [6.45, 7) is 2.16. The lowest BCUT2D eigenvalue weighted by molar-refractivity contribution is -0.384. The van der Waals surface area contributed by atoms with Gasteiger partial charge in [-0.05, 0) is 43.3 Å². The first kappa shape index (κ1) is 20.6. The number of hydrogen-bond acceptors (Lipinski definition) is 8. The zero-order valence-electron chi connectivity index (χ0n) is 17.3. The maximum atomic E-state index is 12.7. The molecule has 0 aliphatic carbocycles. The first-order chi connectivity index (χ1) is 16.0. The molecule has 2 aromatic carbocycles. The Labute approximate surface area is 190 Å². The number of benzene rings is 2. The van der Waals surface area contributed by atoms with E-state index < -0.39 is 4.92 Å². The highest BCUT2D eigenvalue weighted by atomic mass is 32.1. The first-order valence-corrected chi connectivity index (χ1v) is 10.7. The third-order valence-electron chi connectivity index (χ3n) is 4.88. The van der Waals surface area contributed by atoms with Crippen LogP contribution in [0.2, 0.25) is 0 Å². The summed E-state index contributed by atoms with van der Waals surface area (Å²) in [5.74, 6) is 2.15. The molecule has 0 saturated carbocycles. The van der Waals surface area contributed by atoms with Crippen LogP contribution in [0.4, 0.5) is 5.69 Å². The topological polar surface area (TPSA) is 113 Å². The largest absolute Gasteiger partial charge is 0.486 e. The van der Waals surface area contributed by atoms with E-state index in [0.29, 0.717) is 38.2 Å². The Morgan fingerprint density at radius 2 is 1.88 bits per heavy atom. The monoisotopic (exact) mass is 460 g/mol. The molecule has 0 radical (unpaired) electrons. The van der Waals surface area contributed by atoms with Crippen LogP contribution in [0.5, 0.6) is 5.75 Å². The van der Waals surface area contributed by atoms with Gasteiger partial charge in [-0.15, -0.1) is 5.10 Å². The molecule has 3 aromatic heterocycles. The average Bonchev–Trinajstić information content (AvgIpc) is 3.51. The third-order valence-corrected chi connectivity index (χ3v) is 5.84. The van der Waals surface area contributed by atoms with E-state index in [-0.39, 0.29) is 17.9 Å². The fourth-order valence-electron chi connectivity index (χ4n) is 3.18. The number of thiazole rings is 1. The summed E-state index contributed by atoms with van der Waals surface area (Å²) in [4.78, 5) is 27.9. The van der Waals surface area contributed by atoms with E-state index in [1.807, 2.05) is 31.2 Å². The molecule has 3 heterocycles. The van der Waals surface area contributed by atoms with Gasteiger partial charge in [-0.1, -0.05) is 29.0 Å². The Morgan fingerprint density at radius 1 is 1.12 bits per heavy atom. The molecular weight excluding hydrogens is 444 g/mol. The van der Waals surface area contributed by atoms with Gasteiger partial charge in [0, 0.05) is 23.8 Å². The molecule has 0 bridgehead atoms. The Bertz CT molecular complexity index is 1570. The van der Waals surface area contributed by atoms with Crippen LogP contribution in [0.25, 0.3) is 22.4 Å². The Balaban J connectivity index is 1.35. The van der Waals surface area contributed by atoms with Gasteiger partial charge in [-0.25, -0.2) is 0 Å². The molecule has 0 aliphatic heterocycles. The van der Waals surface area contributed by atoms with Crippen molar-refractivity contribution in [3.05, 3.63) is 103 Å². The number of hydrogen-bond donors (Lipinski definition) is 0. The molecule has 0 spiro atoms. The number of nitro benzene ring substituents is 1. The first-order valence-electron chi connectivity index (χ1n) is 9.90. The summed E-state index contributed by atoms with van der Waals surface area (Å²) in [6, 6.07) is 17.2. The zero-order valence-corrected chi connectivity index (χ0v) is 18.1. The molecule has 0 amide bonds. The van der Waals surface area contributed by atoms with Crippen LogP contribution >= 0.6 is 11.3 Å². The highest BCUT2D eigenvalue weighted by Gasteiger charge is 2.12. The minimum Gasteiger partial charge on any atom is -0.486 e. The molecule has 10 heteroatoms. The standard InChI is InChI=1S/C23H16N4O5S/c1-14-2-8-17(9-3-14)31-13-21-24-23-26(25-21)22(28)20(33-23)12-18-10-11-19(32-18)15-4-6-16(7-5-15)27(29)30/h2-12H,13H2,1H3/b20-12-. The van der Waals surface area contributed by atoms with Crippen molar-refractivity contribution in [3.63, 3.8) is 0 Å². The van der Waals surface area contributed by atoms with Crippen molar-refractivity contribution >= 4 is 28.1 Å². The second-order valence-corrected chi connectivity index (χ2v) is 8.26. The maximum Gasteiger partial charge on any atom is 0.291 e. The van der Waals surface area contributed by atoms with Crippen molar-refractivity contribution < 1.29 is 14.1 Å². The normalized spacial score (nSPS) is 11.8. The SMILES string of the molecule is Cc1ccc(OCc2nc3s/c(=C\c4ccc(-c5ccc([N+](=O)[O-])cc5)o4)c(=O)n3n2)cc1. The van der Waals surface area contributed by atoms with E-state index in [2.05, 4.69) is 10.1 Å². The van der Waals surface area contributed by atoms with Crippen molar-refractivity contribution in [1.82, 2.24) is 14.6 Å². The van der Waals surface area contributed by atoms with E-state index in [1.54, 1.807) is 30.3 Å². The molecule has 0 atom stereocenters. The van der Waals surface area contributed by atoms with Crippen LogP contribution in [-0.4, -0.2) is 19.5 Å². The van der Waals surface area contributed by atoms with Crippen LogP contribution in [-0.2, 0) is 6.61 Å². The van der Waals surface area contributed by atoms with Crippen LogP contribution in [0.3, 0.4) is 0 Å². The predicted octanol–water partition coefficient (Wildman–Crippen LogP) is 3.75. The summed E-state index contributed by atoms with van der Waals surface area (Å²) in [6.07, 6.45) is 1.63. The van der Waals surface area contributed by atoms with Crippen LogP contribution < -0.4 is 14.8 Å². The van der Waals surface area contributed by atoms with Crippen LogP contribution in [0.15, 0.2) is 69.9 Å².